The third-order valence-electron chi connectivity index (χ3n) is 5.04. The standard InChI is InChI=1S/C19H24BrN3O2S/c1-3-23-18(25)15-11-13(20)9-10-16(15)21-19(23)26-12-17(24)22(2)14-7-5-4-6-8-14/h9-11,14H,3-8,12H2,1-2H3. The van der Waals surface area contributed by atoms with E-state index in [1.807, 2.05) is 31.0 Å². The summed E-state index contributed by atoms with van der Waals surface area (Å²) >= 11 is 4.76. The Kier molecular flexibility index (Phi) is 6.40. The van der Waals surface area contributed by atoms with Crippen molar-refractivity contribution in [1.29, 1.82) is 0 Å². The number of nitrogens with zero attached hydrogens (tertiary/aromatic N) is 3. The van der Waals surface area contributed by atoms with Crippen LogP contribution in [0.25, 0.3) is 10.9 Å². The van der Waals surface area contributed by atoms with Crippen LogP contribution in [0.3, 0.4) is 0 Å². The molecule has 0 unspecified atom stereocenters. The number of hydrogen-bond acceptors (Lipinski definition) is 4. The molecule has 0 spiro atoms. The summed E-state index contributed by atoms with van der Waals surface area (Å²) in [5.41, 5.74) is 0.605. The lowest BCUT2D eigenvalue weighted by Crippen LogP contribution is -2.39. The molecule has 0 N–H and O–H groups in total. The molecular formula is C19H24BrN3O2S. The molecule has 140 valence electrons. The Hall–Kier alpha value is -1.34. The lowest BCUT2D eigenvalue weighted by atomic mass is 9.94. The maximum absolute atomic E-state index is 12.8. The number of hydrogen-bond donors (Lipinski definition) is 0. The third-order valence-corrected chi connectivity index (χ3v) is 6.49. The summed E-state index contributed by atoms with van der Waals surface area (Å²) in [6.45, 7) is 2.45. The Morgan fingerprint density at radius 1 is 1.35 bits per heavy atom. The minimum Gasteiger partial charge on any atom is -0.342 e. The fraction of sp³-hybridized carbons (Fsp3) is 0.526. The fourth-order valence-corrected chi connectivity index (χ4v) is 4.81. The van der Waals surface area contributed by atoms with Gasteiger partial charge < -0.3 is 4.90 Å². The van der Waals surface area contributed by atoms with E-state index in [9.17, 15) is 9.59 Å². The second kappa shape index (κ2) is 8.57. The molecule has 0 bridgehead atoms. The largest absolute Gasteiger partial charge is 0.342 e. The van der Waals surface area contributed by atoms with Gasteiger partial charge in [0, 0.05) is 24.1 Å². The van der Waals surface area contributed by atoms with Gasteiger partial charge in [-0.15, -0.1) is 0 Å². The zero-order chi connectivity index (χ0) is 18.7. The number of aromatic nitrogens is 2. The lowest BCUT2D eigenvalue weighted by molar-refractivity contribution is -0.129. The number of rotatable bonds is 5. The first-order chi connectivity index (χ1) is 12.5. The number of fused-ring (bicyclic) bond motifs is 1. The van der Waals surface area contributed by atoms with Gasteiger partial charge in [0.2, 0.25) is 5.91 Å². The Labute approximate surface area is 166 Å². The van der Waals surface area contributed by atoms with E-state index in [1.165, 1.54) is 31.0 Å². The van der Waals surface area contributed by atoms with Crippen LogP contribution in [0.4, 0.5) is 0 Å². The molecule has 1 saturated carbocycles. The van der Waals surface area contributed by atoms with Crippen LogP contribution in [-0.2, 0) is 11.3 Å². The van der Waals surface area contributed by atoms with Crippen molar-refractivity contribution in [3.8, 4) is 0 Å². The van der Waals surface area contributed by atoms with Gasteiger partial charge in [-0.3, -0.25) is 14.2 Å². The van der Waals surface area contributed by atoms with Gasteiger partial charge in [-0.2, -0.15) is 0 Å². The summed E-state index contributed by atoms with van der Waals surface area (Å²) in [5, 5.41) is 1.20. The van der Waals surface area contributed by atoms with Gasteiger partial charge in [0.1, 0.15) is 0 Å². The zero-order valence-electron chi connectivity index (χ0n) is 15.2. The van der Waals surface area contributed by atoms with Crippen molar-refractivity contribution in [2.45, 2.75) is 56.8 Å². The smallest absolute Gasteiger partial charge is 0.262 e. The Balaban J connectivity index is 1.78. The molecule has 1 amide bonds. The summed E-state index contributed by atoms with van der Waals surface area (Å²) < 4.78 is 2.50. The quantitative estimate of drug-likeness (QED) is 0.522. The first-order valence-electron chi connectivity index (χ1n) is 9.09. The molecule has 1 fully saturated rings. The van der Waals surface area contributed by atoms with Gasteiger partial charge in [-0.05, 0) is 38.0 Å². The summed E-state index contributed by atoms with van der Waals surface area (Å²) in [5.74, 6) is 0.413. The molecule has 2 aromatic rings. The number of halogens is 1. The van der Waals surface area contributed by atoms with Gasteiger partial charge in [0.05, 0.1) is 16.7 Å². The highest BCUT2D eigenvalue weighted by molar-refractivity contribution is 9.10. The van der Waals surface area contributed by atoms with Crippen LogP contribution in [0.2, 0.25) is 0 Å². The number of thioether (sulfide) groups is 1. The van der Waals surface area contributed by atoms with Crippen molar-refractivity contribution in [3.05, 3.63) is 33.0 Å². The van der Waals surface area contributed by atoms with Gasteiger partial charge >= 0.3 is 0 Å². The van der Waals surface area contributed by atoms with E-state index in [-0.39, 0.29) is 11.5 Å². The van der Waals surface area contributed by atoms with E-state index in [0.717, 1.165) is 17.3 Å². The van der Waals surface area contributed by atoms with Gasteiger partial charge in [-0.1, -0.05) is 47.0 Å². The molecule has 0 atom stereocenters. The van der Waals surface area contributed by atoms with Gasteiger partial charge in [0.15, 0.2) is 5.16 Å². The number of benzene rings is 1. The van der Waals surface area contributed by atoms with Crippen molar-refractivity contribution in [1.82, 2.24) is 14.5 Å². The van der Waals surface area contributed by atoms with Crippen LogP contribution in [0, 0.1) is 0 Å². The van der Waals surface area contributed by atoms with Crippen LogP contribution in [-0.4, -0.2) is 39.2 Å². The SMILES string of the molecule is CCn1c(SCC(=O)N(C)C2CCCCC2)nc2ccc(Br)cc2c1=O. The molecule has 26 heavy (non-hydrogen) atoms. The highest BCUT2D eigenvalue weighted by atomic mass is 79.9. The van der Waals surface area contributed by atoms with E-state index in [1.54, 1.807) is 10.6 Å². The second-order valence-corrected chi connectivity index (χ2v) is 8.55. The highest BCUT2D eigenvalue weighted by Crippen LogP contribution is 2.24. The maximum Gasteiger partial charge on any atom is 0.262 e. The molecule has 0 saturated heterocycles. The van der Waals surface area contributed by atoms with E-state index in [0.29, 0.717) is 34.4 Å². The minimum absolute atomic E-state index is 0.0608. The molecular weight excluding hydrogens is 414 g/mol. The maximum atomic E-state index is 12.8. The minimum atomic E-state index is -0.0608. The van der Waals surface area contributed by atoms with Crippen LogP contribution < -0.4 is 5.56 Å². The molecule has 1 aromatic heterocycles. The lowest BCUT2D eigenvalue weighted by Gasteiger charge is -2.31. The van der Waals surface area contributed by atoms with Crippen LogP contribution in [0.1, 0.15) is 39.0 Å². The first-order valence-corrected chi connectivity index (χ1v) is 10.9. The molecule has 5 nitrogen and oxygen atoms in total. The summed E-state index contributed by atoms with van der Waals surface area (Å²) in [6.07, 6.45) is 5.86. The number of amides is 1. The monoisotopic (exact) mass is 437 g/mol. The van der Waals surface area contributed by atoms with E-state index < -0.39 is 0 Å². The number of carbonyl (C=O) groups is 1. The number of carbonyl (C=O) groups excluding carboxylic acids is 1. The molecule has 1 aromatic carbocycles. The molecule has 7 heteroatoms. The molecule has 3 rings (SSSR count). The Morgan fingerprint density at radius 2 is 2.08 bits per heavy atom. The topological polar surface area (TPSA) is 55.2 Å². The summed E-state index contributed by atoms with van der Waals surface area (Å²) in [6, 6.07) is 5.86. The van der Waals surface area contributed by atoms with Crippen molar-refractivity contribution in [3.63, 3.8) is 0 Å². The second-order valence-electron chi connectivity index (χ2n) is 6.69. The highest BCUT2D eigenvalue weighted by Gasteiger charge is 2.22. The Bertz CT molecular complexity index is 862. The zero-order valence-corrected chi connectivity index (χ0v) is 17.6. The molecule has 1 aliphatic carbocycles. The van der Waals surface area contributed by atoms with Crippen LogP contribution >= 0.6 is 27.7 Å². The van der Waals surface area contributed by atoms with Crippen molar-refractivity contribution in [2.75, 3.05) is 12.8 Å². The van der Waals surface area contributed by atoms with Crippen LogP contribution in [0.5, 0.6) is 0 Å². The van der Waals surface area contributed by atoms with Crippen molar-refractivity contribution in [2.24, 2.45) is 0 Å². The first kappa shape index (κ1) is 19.4. The average Bonchev–Trinajstić information content (AvgIpc) is 2.67. The van der Waals surface area contributed by atoms with E-state index in [4.69, 9.17) is 0 Å². The van der Waals surface area contributed by atoms with Crippen LogP contribution in [0.15, 0.2) is 32.6 Å². The predicted octanol–water partition coefficient (Wildman–Crippen LogP) is 4.06. The molecule has 1 aliphatic rings. The van der Waals surface area contributed by atoms with Gasteiger partial charge in [-0.25, -0.2) is 4.98 Å². The molecule has 0 radical (unpaired) electrons. The molecule has 0 aliphatic heterocycles. The summed E-state index contributed by atoms with van der Waals surface area (Å²) in [7, 11) is 1.90. The third kappa shape index (κ3) is 4.14. The fourth-order valence-electron chi connectivity index (χ4n) is 3.46. The van der Waals surface area contributed by atoms with E-state index in [2.05, 4.69) is 20.9 Å². The summed E-state index contributed by atoms with van der Waals surface area (Å²) in [4.78, 5) is 31.9. The predicted molar refractivity (Wildman–Crippen MR) is 110 cm³/mol. The van der Waals surface area contributed by atoms with E-state index >= 15 is 0 Å². The molecule has 1 heterocycles. The van der Waals surface area contributed by atoms with Crippen molar-refractivity contribution >= 4 is 44.5 Å². The van der Waals surface area contributed by atoms with Gasteiger partial charge in [0.25, 0.3) is 5.56 Å². The van der Waals surface area contributed by atoms with Crippen molar-refractivity contribution < 1.29 is 4.79 Å². The average molecular weight is 438 g/mol. The normalized spacial score (nSPS) is 15.3. The Morgan fingerprint density at radius 3 is 2.77 bits per heavy atom.